The van der Waals surface area contributed by atoms with Crippen LogP contribution in [0.5, 0.6) is 0 Å². The Labute approximate surface area is 339 Å². The van der Waals surface area contributed by atoms with Crippen molar-refractivity contribution in [2.75, 3.05) is 32.9 Å². The number of rotatable bonds is 25. The zero-order valence-corrected chi connectivity index (χ0v) is 37.0. The molecule has 8 atom stereocenters. The lowest BCUT2D eigenvalue weighted by Crippen LogP contribution is -2.56. The Hall–Kier alpha value is -3.05. The van der Waals surface area contributed by atoms with E-state index in [4.69, 9.17) is 0 Å². The first kappa shape index (κ1) is 48.1. The van der Waals surface area contributed by atoms with Gasteiger partial charge in [-0.25, -0.2) is 4.79 Å². The monoisotopic (exact) mass is 786 g/mol. The quantitative estimate of drug-likeness (QED) is 0.0797. The van der Waals surface area contributed by atoms with E-state index in [1.807, 2.05) is 49.2 Å². The highest BCUT2D eigenvalue weighted by molar-refractivity contribution is 7.80. The van der Waals surface area contributed by atoms with Crippen molar-refractivity contribution in [2.24, 2.45) is 29.6 Å². The van der Waals surface area contributed by atoms with Crippen molar-refractivity contribution in [2.45, 2.75) is 144 Å². The number of carbonyl (C=O) groups is 4. The van der Waals surface area contributed by atoms with E-state index in [0.717, 1.165) is 50.0 Å². The van der Waals surface area contributed by atoms with E-state index in [9.17, 15) is 24.3 Å². The van der Waals surface area contributed by atoms with E-state index in [-0.39, 0.29) is 54.5 Å². The van der Waals surface area contributed by atoms with Crippen LogP contribution >= 0.6 is 12.6 Å². The summed E-state index contributed by atoms with van der Waals surface area (Å²) in [6.07, 6.45) is 4.98. The van der Waals surface area contributed by atoms with Crippen molar-refractivity contribution in [3.8, 4) is 0 Å². The first-order valence-electron chi connectivity index (χ1n) is 20.8. The third-order valence-corrected chi connectivity index (χ3v) is 11.9. The van der Waals surface area contributed by atoms with Crippen LogP contribution in [0.3, 0.4) is 0 Å². The maximum absolute atomic E-state index is 14.6. The Morgan fingerprint density at radius 3 is 1.96 bits per heavy atom. The van der Waals surface area contributed by atoms with Gasteiger partial charge in [0, 0.05) is 56.5 Å². The minimum atomic E-state index is -1.10. The van der Waals surface area contributed by atoms with Crippen LogP contribution in [0.2, 0.25) is 0 Å². The van der Waals surface area contributed by atoms with Gasteiger partial charge in [0.25, 0.3) is 0 Å². The minimum Gasteiger partial charge on any atom is -0.480 e. The number of amides is 3. The third-order valence-electron chi connectivity index (χ3n) is 11.7. The normalized spacial score (nSPS) is 17.1. The number of hydrogen-bond acceptors (Lipinski definition) is 7. The molecular weight excluding hydrogens is 711 g/mol. The van der Waals surface area contributed by atoms with Crippen LogP contribution in [0.4, 0.5) is 0 Å². The van der Waals surface area contributed by atoms with Gasteiger partial charge in [-0.05, 0) is 68.0 Å². The number of thiol groups is 1. The van der Waals surface area contributed by atoms with E-state index < -0.39 is 35.9 Å². The van der Waals surface area contributed by atoms with Gasteiger partial charge in [0.05, 0.1) is 12.0 Å². The molecule has 7 unspecified atom stereocenters. The molecule has 0 aromatic heterocycles. The van der Waals surface area contributed by atoms with Crippen LogP contribution in [0.1, 0.15) is 113 Å². The molecule has 0 heterocycles. The van der Waals surface area contributed by atoms with Gasteiger partial charge in [-0.1, -0.05) is 105 Å². The lowest BCUT2D eigenvalue weighted by atomic mass is 9.84. The topological polar surface area (TPSA) is 122 Å². The Morgan fingerprint density at radius 1 is 0.855 bits per heavy atom. The summed E-state index contributed by atoms with van der Waals surface area (Å²) in [5.41, 5.74) is 3.38. The maximum Gasteiger partial charge on any atom is 0.326 e. The number of carbonyl (C=O) groups excluding carboxylic acids is 3. The molecule has 1 fully saturated rings. The van der Waals surface area contributed by atoms with Gasteiger partial charge in [-0.3, -0.25) is 19.3 Å². The second kappa shape index (κ2) is 23.2. The average Bonchev–Trinajstić information content (AvgIpc) is 3.98. The highest BCUT2D eigenvalue weighted by Gasteiger charge is 2.39. The number of likely N-dealkylation sites (N-methyl/N-ethyl adjacent to an activating group) is 2. The molecule has 11 heteroatoms. The second-order valence-electron chi connectivity index (χ2n) is 16.8. The van der Waals surface area contributed by atoms with Gasteiger partial charge < -0.3 is 25.5 Å². The van der Waals surface area contributed by atoms with Crippen molar-refractivity contribution in [1.29, 1.82) is 0 Å². The van der Waals surface area contributed by atoms with Gasteiger partial charge in [0.2, 0.25) is 17.7 Å². The van der Waals surface area contributed by atoms with Crippen molar-refractivity contribution < 1.29 is 24.3 Å². The summed E-state index contributed by atoms with van der Waals surface area (Å²) in [5, 5.41) is 16.5. The Morgan fingerprint density at radius 2 is 1.47 bits per heavy atom. The molecule has 0 radical (unpaired) electrons. The molecule has 1 aliphatic carbocycles. The van der Waals surface area contributed by atoms with Crippen LogP contribution in [0.25, 0.3) is 0 Å². The number of benzene rings is 1. The first-order valence-corrected chi connectivity index (χ1v) is 21.5. The smallest absolute Gasteiger partial charge is 0.326 e. The van der Waals surface area contributed by atoms with E-state index in [1.54, 1.807) is 11.8 Å². The zero-order valence-electron chi connectivity index (χ0n) is 36.1. The molecule has 0 bridgehead atoms. The summed E-state index contributed by atoms with van der Waals surface area (Å²) in [6.45, 7) is 22.0. The number of carboxylic acids is 1. The molecule has 312 valence electrons. The number of hydrogen-bond donors (Lipinski definition) is 4. The maximum atomic E-state index is 14.6. The lowest BCUT2D eigenvalue weighted by molar-refractivity contribution is -0.144. The molecule has 1 saturated carbocycles. The highest BCUT2D eigenvalue weighted by Crippen LogP contribution is 2.36. The molecule has 55 heavy (non-hydrogen) atoms. The summed E-state index contributed by atoms with van der Waals surface area (Å²) >= 11 is 4.50. The van der Waals surface area contributed by atoms with Gasteiger partial charge in [-0.2, -0.15) is 12.6 Å². The number of carboxylic acid groups (broad SMARTS) is 1. The standard InChI is InChI=1S/C44H75N5O5S/c1-13-15-23-49(33(10)32(9)42(51)45-36(44(53)54)27-34-19-17-16-18-20-34)37(50)26-31(8)41(30(7)14-2)48(12)43(52)38(28(3)4)46-39(35-21-22-35)40(29(5)6)47(11)24-25-55/h16-20,28-33,36,38,40-41,46,55H,13-15,21-27H2,1-12H3,(H,45,51)(H,53,54)/t30?,31?,32?,33?,36?,38-,40?,41?/m0/s1. The zero-order chi connectivity index (χ0) is 41.6. The lowest BCUT2D eigenvalue weighted by Gasteiger charge is -2.42. The molecule has 0 aliphatic heterocycles. The van der Waals surface area contributed by atoms with E-state index in [1.165, 1.54) is 11.3 Å². The number of allylic oxidation sites excluding steroid dienone is 1. The predicted molar refractivity (Wildman–Crippen MR) is 228 cm³/mol. The summed E-state index contributed by atoms with van der Waals surface area (Å²) in [5.74, 6) is -1.05. The van der Waals surface area contributed by atoms with Crippen LogP contribution in [0.15, 0.2) is 41.6 Å². The van der Waals surface area contributed by atoms with E-state index in [0.29, 0.717) is 12.5 Å². The average molecular weight is 786 g/mol. The Kier molecular flexibility index (Phi) is 20.3. The predicted octanol–water partition coefficient (Wildman–Crippen LogP) is 6.90. The number of unbranched alkanes of at least 4 members (excludes halogenated alkanes) is 1. The first-order chi connectivity index (χ1) is 25.9. The molecule has 10 nitrogen and oxygen atoms in total. The fraction of sp³-hybridized carbons (Fsp3) is 0.727. The number of aliphatic carboxylic acids is 1. The van der Waals surface area contributed by atoms with Gasteiger partial charge >= 0.3 is 5.97 Å². The minimum absolute atomic E-state index is 0.0303. The summed E-state index contributed by atoms with van der Waals surface area (Å²) < 4.78 is 0. The summed E-state index contributed by atoms with van der Waals surface area (Å²) in [7, 11) is 4.03. The molecule has 1 aromatic rings. The van der Waals surface area contributed by atoms with E-state index >= 15 is 0 Å². The SMILES string of the molecule is CCCCN(C(=O)CC(C)C(C(C)CC)N(C)C(=O)[C@@H](NC(=C1CC1)C(C(C)C)N(C)CCS)C(C)C)C(C)C(C)C(=O)NC(Cc1ccccc1)C(=O)O. The molecule has 3 amide bonds. The summed E-state index contributed by atoms with van der Waals surface area (Å²) in [4.78, 5) is 60.6. The van der Waals surface area contributed by atoms with Crippen molar-refractivity contribution in [3.05, 3.63) is 47.2 Å². The Bertz CT molecular complexity index is 1400. The van der Waals surface area contributed by atoms with Gasteiger partial charge in [0.15, 0.2) is 0 Å². The van der Waals surface area contributed by atoms with E-state index in [2.05, 4.69) is 90.6 Å². The van der Waals surface area contributed by atoms with Crippen LogP contribution in [-0.4, -0.2) is 107 Å². The molecule has 3 N–H and O–H groups in total. The molecule has 0 spiro atoms. The molecule has 0 saturated heterocycles. The summed E-state index contributed by atoms with van der Waals surface area (Å²) in [6, 6.07) is 7.23. The largest absolute Gasteiger partial charge is 0.480 e. The fourth-order valence-corrected chi connectivity index (χ4v) is 8.26. The highest BCUT2D eigenvalue weighted by atomic mass is 32.1. The third kappa shape index (κ3) is 14.1. The van der Waals surface area contributed by atoms with Crippen molar-refractivity contribution >= 4 is 36.3 Å². The number of nitrogens with one attached hydrogen (secondary N) is 2. The number of nitrogens with zero attached hydrogens (tertiary/aromatic N) is 3. The van der Waals surface area contributed by atoms with Gasteiger partial charge in [0.1, 0.15) is 12.1 Å². The molecular formula is C44H75N5O5S. The second-order valence-corrected chi connectivity index (χ2v) is 17.3. The van der Waals surface area contributed by atoms with Crippen molar-refractivity contribution in [3.63, 3.8) is 0 Å². The van der Waals surface area contributed by atoms with Crippen molar-refractivity contribution in [1.82, 2.24) is 25.3 Å². The fourth-order valence-electron chi connectivity index (χ4n) is 7.94. The van der Waals surface area contributed by atoms with Crippen LogP contribution in [-0.2, 0) is 25.6 Å². The van der Waals surface area contributed by atoms with Crippen LogP contribution < -0.4 is 10.6 Å². The molecule has 1 aromatic carbocycles. The molecule has 2 rings (SSSR count). The molecule has 1 aliphatic rings. The van der Waals surface area contributed by atoms with Crippen LogP contribution in [0, 0.1) is 29.6 Å². The Balaban J connectivity index is 2.31. The van der Waals surface area contributed by atoms with Gasteiger partial charge in [-0.15, -0.1) is 0 Å².